The van der Waals surface area contributed by atoms with Gasteiger partial charge in [-0.3, -0.25) is 14.4 Å². The number of ether oxygens (including phenoxy) is 3. The van der Waals surface area contributed by atoms with Crippen molar-refractivity contribution in [3.05, 3.63) is 97.2 Å². The smallest absolute Gasteiger partial charge is 0.306 e. The van der Waals surface area contributed by atoms with E-state index in [1.54, 1.807) is 0 Å². The van der Waals surface area contributed by atoms with E-state index in [-0.39, 0.29) is 31.1 Å². The highest BCUT2D eigenvalue weighted by Gasteiger charge is 2.19. The maximum atomic E-state index is 12.8. The Bertz CT molecular complexity index is 1440. The van der Waals surface area contributed by atoms with E-state index >= 15 is 0 Å². The lowest BCUT2D eigenvalue weighted by molar-refractivity contribution is -0.167. The van der Waals surface area contributed by atoms with Crippen molar-refractivity contribution in [2.75, 3.05) is 13.2 Å². The van der Waals surface area contributed by atoms with Gasteiger partial charge in [-0.15, -0.1) is 0 Å². The van der Waals surface area contributed by atoms with Crippen LogP contribution in [0.15, 0.2) is 97.2 Å². The summed E-state index contributed by atoms with van der Waals surface area (Å²) in [5.74, 6) is -0.876. The summed E-state index contributed by atoms with van der Waals surface area (Å²) in [7, 11) is 0. The SMILES string of the molecule is CC/C=C\C/C=C\C/C=C\C/C=C\C/C=C\C/C=C\C/C=C\C/C=C\CCCCCCCCCCCCC(=O)OCC(COC(=O)CCCCCCCCCC)OC(=O)CCCCCCCCCCCCCC. The molecule has 0 amide bonds. The largest absolute Gasteiger partial charge is 0.462 e. The van der Waals surface area contributed by atoms with Crippen LogP contribution in [0.3, 0.4) is 0 Å². The Hall–Kier alpha value is -3.67. The molecule has 0 saturated heterocycles. The second-order valence-electron chi connectivity index (χ2n) is 20.2. The Balaban J connectivity index is 4.07. The van der Waals surface area contributed by atoms with Crippen molar-refractivity contribution in [2.24, 2.45) is 0 Å². The zero-order valence-electron chi connectivity index (χ0n) is 47.9. The molecule has 418 valence electrons. The first-order chi connectivity index (χ1) is 36.0. The maximum Gasteiger partial charge on any atom is 0.306 e. The molecule has 0 aliphatic carbocycles. The van der Waals surface area contributed by atoms with Gasteiger partial charge in [0, 0.05) is 19.3 Å². The molecule has 0 aromatic heterocycles. The molecule has 0 N–H and O–H groups in total. The van der Waals surface area contributed by atoms with Crippen LogP contribution in [0.1, 0.15) is 290 Å². The van der Waals surface area contributed by atoms with Crippen LogP contribution in [0, 0.1) is 0 Å². The number of carbonyl (C=O) groups is 3. The van der Waals surface area contributed by atoms with E-state index < -0.39 is 6.10 Å². The van der Waals surface area contributed by atoms with Gasteiger partial charge in [-0.05, 0) is 83.5 Å². The van der Waals surface area contributed by atoms with Gasteiger partial charge in [-0.25, -0.2) is 0 Å². The monoisotopic (exact) mass is 1010 g/mol. The number of unbranched alkanes of at least 4 members (excludes halogenated alkanes) is 28. The molecule has 73 heavy (non-hydrogen) atoms. The zero-order valence-corrected chi connectivity index (χ0v) is 47.9. The second kappa shape index (κ2) is 60.9. The Morgan fingerprint density at radius 2 is 0.534 bits per heavy atom. The second-order valence-corrected chi connectivity index (χ2v) is 20.2. The van der Waals surface area contributed by atoms with E-state index in [0.29, 0.717) is 19.3 Å². The van der Waals surface area contributed by atoms with Gasteiger partial charge in [-0.2, -0.15) is 0 Å². The molecule has 0 heterocycles. The average molecular weight is 1020 g/mol. The van der Waals surface area contributed by atoms with Crippen LogP contribution in [0.2, 0.25) is 0 Å². The molecule has 0 spiro atoms. The van der Waals surface area contributed by atoms with Crippen molar-refractivity contribution in [3.63, 3.8) is 0 Å². The lowest BCUT2D eigenvalue weighted by Gasteiger charge is -2.18. The molecule has 0 fully saturated rings. The predicted molar refractivity (Wildman–Crippen MR) is 316 cm³/mol. The molecule has 1 atom stereocenters. The van der Waals surface area contributed by atoms with E-state index in [1.807, 2.05) is 0 Å². The topological polar surface area (TPSA) is 78.9 Å². The summed E-state index contributed by atoms with van der Waals surface area (Å²) in [5, 5.41) is 0. The number of rotatable bonds is 55. The highest BCUT2D eigenvalue weighted by Crippen LogP contribution is 2.16. The molecule has 0 rings (SSSR count). The zero-order chi connectivity index (χ0) is 52.9. The summed E-state index contributed by atoms with van der Waals surface area (Å²) >= 11 is 0. The normalized spacial score (nSPS) is 12.8. The molecule has 6 nitrogen and oxygen atoms in total. The Morgan fingerprint density at radius 3 is 0.836 bits per heavy atom. The van der Waals surface area contributed by atoms with Crippen molar-refractivity contribution < 1.29 is 28.6 Å². The van der Waals surface area contributed by atoms with Gasteiger partial charge in [0.15, 0.2) is 6.10 Å². The Morgan fingerprint density at radius 1 is 0.288 bits per heavy atom. The van der Waals surface area contributed by atoms with Gasteiger partial charge < -0.3 is 14.2 Å². The molecule has 0 radical (unpaired) electrons. The summed E-state index contributed by atoms with van der Waals surface area (Å²) in [5.41, 5.74) is 0. The minimum absolute atomic E-state index is 0.0739. The number of carbonyl (C=O) groups excluding carboxylic acids is 3. The first kappa shape index (κ1) is 69.3. The quantitative estimate of drug-likeness (QED) is 0.0261. The number of hydrogen-bond donors (Lipinski definition) is 0. The van der Waals surface area contributed by atoms with Gasteiger partial charge in [0.25, 0.3) is 0 Å². The van der Waals surface area contributed by atoms with Gasteiger partial charge >= 0.3 is 17.9 Å². The van der Waals surface area contributed by atoms with Gasteiger partial charge in [0.05, 0.1) is 0 Å². The average Bonchev–Trinajstić information content (AvgIpc) is 3.39. The first-order valence-electron chi connectivity index (χ1n) is 30.7. The van der Waals surface area contributed by atoms with Gasteiger partial charge in [0.1, 0.15) is 13.2 Å². The molecule has 0 bridgehead atoms. The summed E-state index contributed by atoms with van der Waals surface area (Å²) in [4.78, 5) is 38.0. The first-order valence-corrected chi connectivity index (χ1v) is 30.7. The van der Waals surface area contributed by atoms with Gasteiger partial charge in [0.2, 0.25) is 0 Å². The summed E-state index contributed by atoms with van der Waals surface area (Å²) in [6.07, 6.45) is 81.5. The fraction of sp³-hybridized carbons (Fsp3) is 0.716. The third-order valence-electron chi connectivity index (χ3n) is 13.1. The minimum Gasteiger partial charge on any atom is -0.462 e. The molecule has 0 aliphatic heterocycles. The van der Waals surface area contributed by atoms with Crippen LogP contribution in [-0.2, 0) is 28.6 Å². The number of hydrogen-bond acceptors (Lipinski definition) is 6. The van der Waals surface area contributed by atoms with E-state index in [9.17, 15) is 14.4 Å². The van der Waals surface area contributed by atoms with Crippen LogP contribution < -0.4 is 0 Å². The van der Waals surface area contributed by atoms with Crippen LogP contribution in [0.4, 0.5) is 0 Å². The fourth-order valence-electron chi connectivity index (χ4n) is 8.52. The van der Waals surface area contributed by atoms with Crippen LogP contribution in [0.5, 0.6) is 0 Å². The third-order valence-corrected chi connectivity index (χ3v) is 13.1. The summed E-state index contributed by atoms with van der Waals surface area (Å²) in [6, 6.07) is 0. The van der Waals surface area contributed by atoms with Crippen LogP contribution >= 0.6 is 0 Å². The third kappa shape index (κ3) is 59.1. The molecule has 6 heteroatoms. The standard InChI is InChI=1S/C67H114O6/c1-4-7-10-13-16-19-21-23-24-25-26-27-28-29-30-31-32-33-34-35-36-37-38-39-40-41-42-43-44-45-47-48-51-54-57-60-66(69)72-63-64(62-71-65(68)59-56-53-50-18-15-12-9-6-3)73-67(70)61-58-55-52-49-46-22-20-17-14-11-8-5-2/h7,10,16,19,23-24,26-27,29-30,32-33,35-36,38-39,64H,4-6,8-9,11-15,17-18,20-22,25,28,31,34,37,40-63H2,1-3H3/b10-7-,19-16-,24-23-,27-26-,30-29-,33-32-,36-35-,39-38-. The predicted octanol–water partition coefficient (Wildman–Crippen LogP) is 20.9. The number of allylic oxidation sites excluding steroid dienone is 16. The number of esters is 3. The van der Waals surface area contributed by atoms with Crippen molar-refractivity contribution >= 4 is 17.9 Å². The molecule has 1 unspecified atom stereocenters. The van der Waals surface area contributed by atoms with Crippen LogP contribution in [-0.4, -0.2) is 37.2 Å². The van der Waals surface area contributed by atoms with Gasteiger partial charge in [-0.1, -0.05) is 285 Å². The highest BCUT2D eigenvalue weighted by molar-refractivity contribution is 5.71. The molecule has 0 aliphatic rings. The lowest BCUT2D eigenvalue weighted by atomic mass is 10.0. The summed E-state index contributed by atoms with van der Waals surface area (Å²) in [6.45, 7) is 6.50. The molecular formula is C67H114O6. The Labute approximate surface area is 451 Å². The molecule has 0 aromatic rings. The maximum absolute atomic E-state index is 12.8. The van der Waals surface area contributed by atoms with E-state index in [2.05, 4.69) is 118 Å². The molecular weight excluding hydrogens is 901 g/mol. The fourth-order valence-corrected chi connectivity index (χ4v) is 8.52. The van der Waals surface area contributed by atoms with Crippen molar-refractivity contribution in [1.29, 1.82) is 0 Å². The highest BCUT2D eigenvalue weighted by atomic mass is 16.6. The molecule has 0 aromatic carbocycles. The van der Waals surface area contributed by atoms with E-state index in [4.69, 9.17) is 14.2 Å². The lowest BCUT2D eigenvalue weighted by Crippen LogP contribution is -2.30. The molecule has 0 saturated carbocycles. The van der Waals surface area contributed by atoms with Crippen molar-refractivity contribution in [3.8, 4) is 0 Å². The Kier molecular flexibility index (Phi) is 57.8. The minimum atomic E-state index is -0.772. The summed E-state index contributed by atoms with van der Waals surface area (Å²) < 4.78 is 16.8. The van der Waals surface area contributed by atoms with E-state index in [0.717, 1.165) is 109 Å². The van der Waals surface area contributed by atoms with Crippen molar-refractivity contribution in [1.82, 2.24) is 0 Å². The van der Waals surface area contributed by atoms with Crippen molar-refractivity contribution in [2.45, 2.75) is 297 Å². The van der Waals surface area contributed by atoms with E-state index in [1.165, 1.54) is 141 Å². The van der Waals surface area contributed by atoms with Crippen LogP contribution in [0.25, 0.3) is 0 Å².